The SMILES string of the molecule is O=C(O)c1cc(OCc2ccco2)cc(C(=O)O)c1. The van der Waals surface area contributed by atoms with Crippen LogP contribution in [0.15, 0.2) is 41.0 Å². The molecule has 1 aromatic carbocycles. The Balaban J connectivity index is 2.23. The number of hydrogen-bond acceptors (Lipinski definition) is 4. The Morgan fingerprint density at radius 3 is 2.21 bits per heavy atom. The number of carboxylic acid groups (broad SMARTS) is 2. The molecular formula is C13H10O6. The first-order chi connectivity index (χ1) is 9.06. The molecule has 0 amide bonds. The zero-order valence-corrected chi connectivity index (χ0v) is 9.70. The lowest BCUT2D eigenvalue weighted by molar-refractivity contribution is 0.0696. The Bertz CT molecular complexity index is 567. The average Bonchev–Trinajstić information content (AvgIpc) is 2.89. The highest BCUT2D eigenvalue weighted by Crippen LogP contribution is 2.19. The monoisotopic (exact) mass is 262 g/mol. The highest BCUT2D eigenvalue weighted by molar-refractivity contribution is 5.94. The summed E-state index contributed by atoms with van der Waals surface area (Å²) in [5, 5.41) is 17.8. The molecule has 6 nitrogen and oxygen atoms in total. The molecule has 0 aliphatic carbocycles. The number of aromatic carboxylic acids is 2. The van der Waals surface area contributed by atoms with Gasteiger partial charge in [-0.15, -0.1) is 0 Å². The standard InChI is InChI=1S/C13H10O6/c14-12(15)8-4-9(13(16)17)6-11(5-8)19-7-10-2-1-3-18-10/h1-6H,7H2,(H,14,15)(H,16,17). The van der Waals surface area contributed by atoms with Gasteiger partial charge in [-0.1, -0.05) is 0 Å². The van der Waals surface area contributed by atoms with Gasteiger partial charge in [-0.2, -0.15) is 0 Å². The summed E-state index contributed by atoms with van der Waals surface area (Å²) in [4.78, 5) is 21.8. The van der Waals surface area contributed by atoms with Crippen LogP contribution < -0.4 is 4.74 Å². The second-order valence-corrected chi connectivity index (χ2v) is 3.72. The molecule has 0 bridgehead atoms. The molecule has 0 saturated heterocycles. The summed E-state index contributed by atoms with van der Waals surface area (Å²) < 4.78 is 10.4. The fraction of sp³-hybridized carbons (Fsp3) is 0.0769. The predicted octanol–water partition coefficient (Wildman–Crippen LogP) is 2.25. The van der Waals surface area contributed by atoms with Crippen molar-refractivity contribution < 1.29 is 29.0 Å². The fourth-order valence-corrected chi connectivity index (χ4v) is 1.48. The number of carbonyl (C=O) groups is 2. The highest BCUT2D eigenvalue weighted by Gasteiger charge is 2.12. The second kappa shape index (κ2) is 5.26. The quantitative estimate of drug-likeness (QED) is 0.857. The van der Waals surface area contributed by atoms with E-state index >= 15 is 0 Å². The number of benzene rings is 1. The molecule has 2 N–H and O–H groups in total. The fourth-order valence-electron chi connectivity index (χ4n) is 1.48. The summed E-state index contributed by atoms with van der Waals surface area (Å²) in [6.45, 7) is 0.0924. The lowest BCUT2D eigenvalue weighted by Crippen LogP contribution is -2.04. The van der Waals surface area contributed by atoms with E-state index in [-0.39, 0.29) is 23.5 Å². The summed E-state index contributed by atoms with van der Waals surface area (Å²) in [6, 6.07) is 6.98. The van der Waals surface area contributed by atoms with E-state index in [4.69, 9.17) is 19.4 Å². The van der Waals surface area contributed by atoms with E-state index in [1.807, 2.05) is 0 Å². The zero-order valence-electron chi connectivity index (χ0n) is 9.70. The van der Waals surface area contributed by atoms with Crippen molar-refractivity contribution in [2.75, 3.05) is 0 Å². The number of furan rings is 1. The van der Waals surface area contributed by atoms with Crippen molar-refractivity contribution >= 4 is 11.9 Å². The molecule has 2 rings (SSSR count). The van der Waals surface area contributed by atoms with E-state index in [0.29, 0.717) is 5.76 Å². The molecule has 2 aromatic rings. The zero-order chi connectivity index (χ0) is 13.8. The van der Waals surface area contributed by atoms with Crippen molar-refractivity contribution in [3.8, 4) is 5.75 Å². The molecular weight excluding hydrogens is 252 g/mol. The largest absolute Gasteiger partial charge is 0.486 e. The number of ether oxygens (including phenoxy) is 1. The van der Waals surface area contributed by atoms with E-state index in [0.717, 1.165) is 6.07 Å². The van der Waals surface area contributed by atoms with Crippen LogP contribution in [-0.2, 0) is 6.61 Å². The van der Waals surface area contributed by atoms with Crippen LogP contribution in [0.25, 0.3) is 0 Å². The van der Waals surface area contributed by atoms with E-state index in [1.54, 1.807) is 12.1 Å². The van der Waals surface area contributed by atoms with E-state index in [1.165, 1.54) is 18.4 Å². The van der Waals surface area contributed by atoms with Gasteiger partial charge in [-0.3, -0.25) is 0 Å². The van der Waals surface area contributed by atoms with Crippen molar-refractivity contribution in [3.05, 3.63) is 53.5 Å². The van der Waals surface area contributed by atoms with Gasteiger partial charge in [0.15, 0.2) is 0 Å². The summed E-state index contributed by atoms with van der Waals surface area (Å²) in [5.41, 5.74) is -0.288. The Morgan fingerprint density at radius 1 is 1.11 bits per heavy atom. The molecule has 0 aliphatic rings. The minimum Gasteiger partial charge on any atom is -0.486 e. The van der Waals surface area contributed by atoms with Crippen molar-refractivity contribution in [3.63, 3.8) is 0 Å². The Hall–Kier alpha value is -2.76. The molecule has 0 saturated carbocycles. The molecule has 0 radical (unpaired) electrons. The molecule has 0 aliphatic heterocycles. The molecule has 0 atom stereocenters. The Kier molecular flexibility index (Phi) is 3.51. The normalized spacial score (nSPS) is 10.1. The van der Waals surface area contributed by atoms with Crippen LogP contribution in [0.5, 0.6) is 5.75 Å². The van der Waals surface area contributed by atoms with Crippen molar-refractivity contribution in [1.29, 1.82) is 0 Å². The van der Waals surface area contributed by atoms with Gasteiger partial charge in [0.05, 0.1) is 17.4 Å². The van der Waals surface area contributed by atoms with Gasteiger partial charge in [0.2, 0.25) is 0 Å². The first kappa shape index (κ1) is 12.7. The molecule has 98 valence electrons. The third-order valence-corrected chi connectivity index (χ3v) is 2.36. The van der Waals surface area contributed by atoms with Crippen LogP contribution >= 0.6 is 0 Å². The van der Waals surface area contributed by atoms with Crippen LogP contribution in [-0.4, -0.2) is 22.2 Å². The minimum atomic E-state index is -1.22. The molecule has 1 heterocycles. The summed E-state index contributed by atoms with van der Waals surface area (Å²) in [6.07, 6.45) is 1.48. The third-order valence-electron chi connectivity index (χ3n) is 2.36. The maximum Gasteiger partial charge on any atom is 0.335 e. The summed E-state index contributed by atoms with van der Waals surface area (Å²) in [7, 11) is 0. The van der Waals surface area contributed by atoms with E-state index < -0.39 is 11.9 Å². The van der Waals surface area contributed by atoms with Gasteiger partial charge in [-0.05, 0) is 30.3 Å². The third kappa shape index (κ3) is 3.12. The lowest BCUT2D eigenvalue weighted by Gasteiger charge is -2.07. The average molecular weight is 262 g/mol. The van der Waals surface area contributed by atoms with Gasteiger partial charge < -0.3 is 19.4 Å². The molecule has 0 spiro atoms. The maximum atomic E-state index is 10.9. The summed E-state index contributed by atoms with van der Waals surface area (Å²) in [5.74, 6) is -1.72. The van der Waals surface area contributed by atoms with Crippen molar-refractivity contribution in [2.24, 2.45) is 0 Å². The maximum absolute atomic E-state index is 10.9. The van der Waals surface area contributed by atoms with Crippen LogP contribution in [0.4, 0.5) is 0 Å². The van der Waals surface area contributed by atoms with E-state index in [2.05, 4.69) is 0 Å². The molecule has 19 heavy (non-hydrogen) atoms. The van der Waals surface area contributed by atoms with Crippen LogP contribution in [0.2, 0.25) is 0 Å². The smallest absolute Gasteiger partial charge is 0.335 e. The second-order valence-electron chi connectivity index (χ2n) is 3.72. The molecule has 6 heteroatoms. The van der Waals surface area contributed by atoms with Gasteiger partial charge >= 0.3 is 11.9 Å². The van der Waals surface area contributed by atoms with Gasteiger partial charge in [0, 0.05) is 0 Å². The first-order valence-electron chi connectivity index (χ1n) is 5.33. The summed E-state index contributed by atoms with van der Waals surface area (Å²) >= 11 is 0. The van der Waals surface area contributed by atoms with Gasteiger partial charge in [0.25, 0.3) is 0 Å². The first-order valence-corrected chi connectivity index (χ1v) is 5.33. The molecule has 0 fully saturated rings. The number of rotatable bonds is 5. The van der Waals surface area contributed by atoms with Crippen LogP contribution in [0.3, 0.4) is 0 Å². The van der Waals surface area contributed by atoms with E-state index in [9.17, 15) is 9.59 Å². The highest BCUT2D eigenvalue weighted by atomic mass is 16.5. The molecule has 1 aromatic heterocycles. The number of hydrogen-bond donors (Lipinski definition) is 2. The van der Waals surface area contributed by atoms with Gasteiger partial charge in [0.1, 0.15) is 18.1 Å². The minimum absolute atomic E-state index is 0.0924. The van der Waals surface area contributed by atoms with Crippen LogP contribution in [0.1, 0.15) is 26.5 Å². The lowest BCUT2D eigenvalue weighted by atomic mass is 10.1. The predicted molar refractivity (Wildman–Crippen MR) is 63.4 cm³/mol. The van der Waals surface area contributed by atoms with Gasteiger partial charge in [-0.25, -0.2) is 9.59 Å². The van der Waals surface area contributed by atoms with Crippen molar-refractivity contribution in [2.45, 2.75) is 6.61 Å². The Morgan fingerprint density at radius 2 is 1.74 bits per heavy atom. The Labute approximate surface area is 107 Å². The van der Waals surface area contributed by atoms with Crippen LogP contribution in [0, 0.1) is 0 Å². The number of carboxylic acids is 2. The topological polar surface area (TPSA) is 97.0 Å². The van der Waals surface area contributed by atoms with Crippen molar-refractivity contribution in [1.82, 2.24) is 0 Å². The molecule has 0 unspecified atom stereocenters.